The van der Waals surface area contributed by atoms with Crippen molar-refractivity contribution in [1.29, 1.82) is 0 Å². The van der Waals surface area contributed by atoms with Gasteiger partial charge in [-0.25, -0.2) is 4.98 Å². The lowest BCUT2D eigenvalue weighted by atomic mass is 10.3. The van der Waals surface area contributed by atoms with E-state index in [1.165, 1.54) is 0 Å². The van der Waals surface area contributed by atoms with Gasteiger partial charge in [-0.3, -0.25) is 4.79 Å². The third-order valence-electron chi connectivity index (χ3n) is 2.48. The van der Waals surface area contributed by atoms with Crippen molar-refractivity contribution in [1.82, 2.24) is 4.98 Å². The highest BCUT2D eigenvalue weighted by Gasteiger charge is 2.16. The fourth-order valence-corrected chi connectivity index (χ4v) is 2.20. The maximum absolute atomic E-state index is 12.0. The molecule has 2 rings (SSSR count). The quantitative estimate of drug-likeness (QED) is 0.905. The predicted molar refractivity (Wildman–Crippen MR) is 82.1 cm³/mol. The number of halogens is 2. The van der Waals surface area contributed by atoms with Crippen LogP contribution in [0.1, 0.15) is 6.92 Å². The Bertz CT molecular complexity index is 607. The van der Waals surface area contributed by atoms with E-state index >= 15 is 0 Å². The number of benzene rings is 1. The van der Waals surface area contributed by atoms with E-state index in [1.807, 2.05) is 0 Å². The zero-order valence-corrected chi connectivity index (χ0v) is 13.0. The third-order valence-corrected chi connectivity index (χ3v) is 3.27. The molecule has 0 spiro atoms. The van der Waals surface area contributed by atoms with E-state index in [0.717, 1.165) is 4.47 Å². The molecule has 0 aliphatic carbocycles. The predicted octanol–water partition coefficient (Wildman–Crippen LogP) is 3.90. The Morgan fingerprint density at radius 3 is 2.85 bits per heavy atom. The topological polar surface area (TPSA) is 51.2 Å². The number of carbonyl (C=O) groups excluding carboxylic acids is 1. The van der Waals surface area contributed by atoms with Crippen LogP contribution in [0.3, 0.4) is 0 Å². The summed E-state index contributed by atoms with van der Waals surface area (Å²) >= 11 is 9.35. The van der Waals surface area contributed by atoms with Crippen LogP contribution >= 0.6 is 27.5 Å². The number of hydrogen-bond acceptors (Lipinski definition) is 3. The standard InChI is InChI=1S/C14H12BrClN2O2/c1-9(14(19)18-13-4-2-3-7-17-13)20-12-6-5-10(15)8-11(12)16/h2-9H,1H3,(H,17,18,19)/t9-/m0/s1. The first-order valence-corrected chi connectivity index (χ1v) is 7.07. The van der Waals surface area contributed by atoms with Crippen LogP contribution in [0.4, 0.5) is 5.82 Å². The molecule has 6 heteroatoms. The highest BCUT2D eigenvalue weighted by molar-refractivity contribution is 9.10. The Labute approximate surface area is 130 Å². The number of nitrogens with one attached hydrogen (secondary N) is 1. The van der Waals surface area contributed by atoms with Crippen LogP contribution in [-0.4, -0.2) is 17.0 Å². The molecule has 1 aromatic carbocycles. The minimum absolute atomic E-state index is 0.289. The molecule has 0 unspecified atom stereocenters. The van der Waals surface area contributed by atoms with Crippen LogP contribution in [-0.2, 0) is 4.79 Å². The van der Waals surface area contributed by atoms with Crippen LogP contribution in [0.15, 0.2) is 47.1 Å². The van der Waals surface area contributed by atoms with E-state index in [0.29, 0.717) is 16.6 Å². The van der Waals surface area contributed by atoms with Gasteiger partial charge < -0.3 is 10.1 Å². The van der Waals surface area contributed by atoms with E-state index in [4.69, 9.17) is 16.3 Å². The lowest BCUT2D eigenvalue weighted by molar-refractivity contribution is -0.122. The first kappa shape index (κ1) is 14.8. The molecule has 1 amide bonds. The van der Waals surface area contributed by atoms with Crippen LogP contribution < -0.4 is 10.1 Å². The number of aromatic nitrogens is 1. The fourth-order valence-electron chi connectivity index (χ4n) is 1.48. The summed E-state index contributed by atoms with van der Waals surface area (Å²) in [6.07, 6.45) is 0.919. The largest absolute Gasteiger partial charge is 0.479 e. The summed E-state index contributed by atoms with van der Waals surface area (Å²) in [5, 5.41) is 3.11. The first-order valence-electron chi connectivity index (χ1n) is 5.90. The van der Waals surface area contributed by atoms with Gasteiger partial charge in [-0.1, -0.05) is 33.6 Å². The van der Waals surface area contributed by atoms with Gasteiger partial charge in [0.15, 0.2) is 6.10 Å². The number of carbonyl (C=O) groups is 1. The van der Waals surface area contributed by atoms with Gasteiger partial charge >= 0.3 is 0 Å². The van der Waals surface area contributed by atoms with Crippen molar-refractivity contribution in [2.75, 3.05) is 5.32 Å². The molecule has 0 bridgehead atoms. The van der Waals surface area contributed by atoms with Crippen molar-refractivity contribution in [3.63, 3.8) is 0 Å². The molecule has 0 saturated carbocycles. The van der Waals surface area contributed by atoms with E-state index in [1.54, 1.807) is 49.5 Å². The number of rotatable bonds is 4. The second-order valence-corrected chi connectivity index (χ2v) is 5.36. The van der Waals surface area contributed by atoms with E-state index < -0.39 is 6.10 Å². The Balaban J connectivity index is 2.00. The number of ether oxygens (including phenoxy) is 1. The second kappa shape index (κ2) is 6.72. The molecule has 1 aromatic heterocycles. The molecule has 0 fully saturated rings. The van der Waals surface area contributed by atoms with Gasteiger partial charge in [0.25, 0.3) is 5.91 Å². The molecular formula is C14H12BrClN2O2. The lowest BCUT2D eigenvalue weighted by Gasteiger charge is -2.15. The van der Waals surface area contributed by atoms with Crippen LogP contribution in [0.5, 0.6) is 5.75 Å². The zero-order chi connectivity index (χ0) is 14.5. The molecule has 104 valence electrons. The molecule has 1 atom stereocenters. The highest BCUT2D eigenvalue weighted by Crippen LogP contribution is 2.28. The van der Waals surface area contributed by atoms with Crippen molar-refractivity contribution >= 4 is 39.3 Å². The summed E-state index contributed by atoms with van der Waals surface area (Å²) < 4.78 is 6.39. The Morgan fingerprint density at radius 2 is 2.20 bits per heavy atom. The molecule has 2 aromatic rings. The van der Waals surface area contributed by atoms with Crippen molar-refractivity contribution in [2.45, 2.75) is 13.0 Å². The van der Waals surface area contributed by atoms with Gasteiger partial charge in [-0.2, -0.15) is 0 Å². The Hall–Kier alpha value is -1.59. The van der Waals surface area contributed by atoms with Crippen LogP contribution in [0.25, 0.3) is 0 Å². The van der Waals surface area contributed by atoms with Crippen molar-refractivity contribution in [3.8, 4) is 5.75 Å². The maximum atomic E-state index is 12.0. The van der Waals surface area contributed by atoms with Crippen molar-refractivity contribution < 1.29 is 9.53 Å². The molecular weight excluding hydrogens is 344 g/mol. The summed E-state index contributed by atoms with van der Waals surface area (Å²) in [5.41, 5.74) is 0. The van der Waals surface area contributed by atoms with Gasteiger partial charge in [-0.05, 0) is 37.3 Å². The Kier molecular flexibility index (Phi) is 4.98. The van der Waals surface area contributed by atoms with Crippen molar-refractivity contribution in [3.05, 3.63) is 52.1 Å². The van der Waals surface area contributed by atoms with Gasteiger partial charge in [0.2, 0.25) is 0 Å². The Morgan fingerprint density at radius 1 is 1.40 bits per heavy atom. The van der Waals surface area contributed by atoms with Gasteiger partial charge in [0.1, 0.15) is 11.6 Å². The van der Waals surface area contributed by atoms with Gasteiger partial charge in [0, 0.05) is 10.7 Å². The normalized spacial score (nSPS) is 11.8. The monoisotopic (exact) mass is 354 g/mol. The van der Waals surface area contributed by atoms with Gasteiger partial charge in [0.05, 0.1) is 5.02 Å². The average Bonchev–Trinajstić information content (AvgIpc) is 2.43. The van der Waals surface area contributed by atoms with Crippen molar-refractivity contribution in [2.24, 2.45) is 0 Å². The molecule has 0 saturated heterocycles. The molecule has 20 heavy (non-hydrogen) atoms. The second-order valence-electron chi connectivity index (χ2n) is 4.04. The minimum Gasteiger partial charge on any atom is -0.479 e. The molecule has 4 nitrogen and oxygen atoms in total. The van der Waals surface area contributed by atoms with E-state index in [2.05, 4.69) is 26.2 Å². The summed E-state index contributed by atoms with van der Waals surface area (Å²) in [6, 6.07) is 10.5. The fraction of sp³-hybridized carbons (Fsp3) is 0.143. The molecule has 1 heterocycles. The SMILES string of the molecule is C[C@H](Oc1ccc(Br)cc1Cl)C(=O)Nc1ccccn1. The van der Waals surface area contributed by atoms with Crippen LogP contribution in [0, 0.1) is 0 Å². The molecule has 0 aliphatic rings. The summed E-state index contributed by atoms with van der Waals surface area (Å²) in [4.78, 5) is 16.0. The van der Waals surface area contributed by atoms with Gasteiger partial charge in [-0.15, -0.1) is 0 Å². The number of pyridine rings is 1. The lowest BCUT2D eigenvalue weighted by Crippen LogP contribution is -2.30. The summed E-state index contributed by atoms with van der Waals surface area (Å²) in [7, 11) is 0. The minimum atomic E-state index is -0.685. The number of anilines is 1. The highest BCUT2D eigenvalue weighted by atomic mass is 79.9. The average molecular weight is 356 g/mol. The smallest absolute Gasteiger partial charge is 0.266 e. The molecule has 0 radical (unpaired) electrons. The summed E-state index contributed by atoms with van der Waals surface area (Å²) in [5.74, 6) is 0.649. The zero-order valence-electron chi connectivity index (χ0n) is 10.6. The summed E-state index contributed by atoms with van der Waals surface area (Å²) in [6.45, 7) is 1.65. The number of hydrogen-bond donors (Lipinski definition) is 1. The number of nitrogens with zero attached hydrogens (tertiary/aromatic N) is 1. The number of amides is 1. The molecule has 1 N–H and O–H groups in total. The maximum Gasteiger partial charge on any atom is 0.266 e. The third kappa shape index (κ3) is 3.95. The van der Waals surface area contributed by atoms with E-state index in [9.17, 15) is 4.79 Å². The van der Waals surface area contributed by atoms with Crippen LogP contribution in [0.2, 0.25) is 5.02 Å². The molecule has 0 aliphatic heterocycles. The van der Waals surface area contributed by atoms with E-state index in [-0.39, 0.29) is 5.91 Å². The first-order chi connectivity index (χ1) is 9.56.